The van der Waals surface area contributed by atoms with Gasteiger partial charge >= 0.3 is 6.09 Å². The fraction of sp³-hybridized carbons (Fsp3) is 0.438. The summed E-state index contributed by atoms with van der Waals surface area (Å²) in [5, 5.41) is 0. The van der Waals surface area contributed by atoms with Crippen molar-refractivity contribution in [2.75, 3.05) is 26.3 Å². The molecule has 3 rings (SSSR count). The maximum atomic E-state index is 12.7. The fourth-order valence-electron chi connectivity index (χ4n) is 2.95. The van der Waals surface area contributed by atoms with E-state index in [4.69, 9.17) is 9.47 Å². The van der Waals surface area contributed by atoms with Crippen LogP contribution in [0.3, 0.4) is 0 Å². The van der Waals surface area contributed by atoms with Crippen LogP contribution in [0, 0.1) is 0 Å². The third kappa shape index (κ3) is 2.86. The molecule has 7 nitrogen and oxygen atoms in total. The van der Waals surface area contributed by atoms with Crippen molar-refractivity contribution in [3.8, 4) is 5.75 Å². The molecule has 0 aromatic heterocycles. The van der Waals surface area contributed by atoms with Crippen LogP contribution in [0.2, 0.25) is 0 Å². The minimum Gasteiger partial charge on any atom is -0.493 e. The number of hydrogen-bond donors (Lipinski definition) is 0. The Morgan fingerprint density at radius 3 is 2.83 bits per heavy atom. The first-order valence-electron chi connectivity index (χ1n) is 7.61. The molecular weight excluding hydrogens is 300 g/mol. The van der Waals surface area contributed by atoms with Crippen LogP contribution in [-0.2, 0) is 9.53 Å². The van der Waals surface area contributed by atoms with Gasteiger partial charge < -0.3 is 14.4 Å². The number of likely N-dealkylation sites (tertiary alicyclic amines) is 1. The van der Waals surface area contributed by atoms with Crippen molar-refractivity contribution in [3.05, 3.63) is 29.8 Å². The standard InChI is InChI=1S/C16H18N2O5/c1-2-22-13-6-4-3-5-12(13)15(20)17-8-7-11(9-17)18-14(19)10-23-16(18)21/h3-6,11H,2,7-10H2,1H3. The number of hydrogen-bond acceptors (Lipinski definition) is 5. The number of amides is 3. The smallest absolute Gasteiger partial charge is 0.417 e. The van der Waals surface area contributed by atoms with E-state index in [0.717, 1.165) is 4.90 Å². The molecule has 0 spiro atoms. The number of cyclic esters (lactones) is 1. The Hall–Kier alpha value is -2.57. The highest BCUT2D eigenvalue weighted by atomic mass is 16.6. The second-order valence-corrected chi connectivity index (χ2v) is 5.44. The summed E-state index contributed by atoms with van der Waals surface area (Å²) in [5.74, 6) is 0.0423. The third-order valence-corrected chi connectivity index (χ3v) is 4.02. The molecule has 23 heavy (non-hydrogen) atoms. The van der Waals surface area contributed by atoms with Crippen LogP contribution in [0.4, 0.5) is 4.79 Å². The van der Waals surface area contributed by atoms with Crippen LogP contribution >= 0.6 is 0 Å². The summed E-state index contributed by atoms with van der Waals surface area (Å²) in [5.41, 5.74) is 0.491. The average Bonchev–Trinajstić information content (AvgIpc) is 3.14. The van der Waals surface area contributed by atoms with Crippen LogP contribution in [-0.4, -0.2) is 60.1 Å². The first kappa shape index (κ1) is 15.3. The Morgan fingerprint density at radius 2 is 2.13 bits per heavy atom. The monoisotopic (exact) mass is 318 g/mol. The van der Waals surface area contributed by atoms with Crippen molar-refractivity contribution >= 4 is 17.9 Å². The number of nitrogens with zero attached hydrogens (tertiary/aromatic N) is 2. The van der Waals surface area contributed by atoms with Crippen LogP contribution in [0.5, 0.6) is 5.75 Å². The molecule has 0 radical (unpaired) electrons. The molecule has 122 valence electrons. The molecule has 0 aliphatic carbocycles. The van der Waals surface area contributed by atoms with Gasteiger partial charge in [0.2, 0.25) is 0 Å². The Kier molecular flexibility index (Phi) is 4.18. The number of rotatable bonds is 4. The van der Waals surface area contributed by atoms with Crippen molar-refractivity contribution in [3.63, 3.8) is 0 Å². The normalized spacial score (nSPS) is 20.8. The Bertz CT molecular complexity index is 629. The summed E-state index contributed by atoms with van der Waals surface area (Å²) >= 11 is 0. The van der Waals surface area contributed by atoms with Crippen LogP contribution in [0.1, 0.15) is 23.7 Å². The van der Waals surface area contributed by atoms with Crippen molar-refractivity contribution in [2.24, 2.45) is 0 Å². The summed E-state index contributed by atoms with van der Waals surface area (Å²) in [7, 11) is 0. The van der Waals surface area contributed by atoms with E-state index in [1.54, 1.807) is 23.1 Å². The summed E-state index contributed by atoms with van der Waals surface area (Å²) in [6.07, 6.45) is -0.0624. The average molecular weight is 318 g/mol. The van der Waals surface area contributed by atoms with Crippen molar-refractivity contribution in [1.29, 1.82) is 0 Å². The van der Waals surface area contributed by atoms with Gasteiger partial charge in [0, 0.05) is 13.1 Å². The highest BCUT2D eigenvalue weighted by molar-refractivity contribution is 5.99. The molecule has 2 fully saturated rings. The molecule has 0 N–H and O–H groups in total. The zero-order valence-electron chi connectivity index (χ0n) is 12.9. The van der Waals surface area contributed by atoms with Gasteiger partial charge in [0.05, 0.1) is 18.2 Å². The second-order valence-electron chi connectivity index (χ2n) is 5.44. The van der Waals surface area contributed by atoms with E-state index in [1.165, 1.54) is 0 Å². The van der Waals surface area contributed by atoms with Crippen molar-refractivity contribution in [1.82, 2.24) is 9.80 Å². The molecule has 7 heteroatoms. The minimum absolute atomic E-state index is 0.156. The third-order valence-electron chi connectivity index (χ3n) is 4.02. The Labute approximate surface area is 133 Å². The molecule has 2 saturated heterocycles. The van der Waals surface area contributed by atoms with Gasteiger partial charge in [0.1, 0.15) is 5.75 Å². The number of carbonyl (C=O) groups excluding carboxylic acids is 3. The molecule has 3 amide bonds. The van der Waals surface area contributed by atoms with Gasteiger partial charge in [-0.3, -0.25) is 9.59 Å². The first-order valence-corrected chi connectivity index (χ1v) is 7.61. The van der Waals surface area contributed by atoms with E-state index >= 15 is 0 Å². The zero-order valence-corrected chi connectivity index (χ0v) is 12.9. The number of para-hydroxylation sites is 1. The van der Waals surface area contributed by atoms with E-state index in [2.05, 4.69) is 0 Å². The molecule has 0 saturated carbocycles. The largest absolute Gasteiger partial charge is 0.493 e. The molecule has 2 aliphatic heterocycles. The van der Waals surface area contributed by atoms with Gasteiger partial charge in [-0.1, -0.05) is 12.1 Å². The molecule has 2 heterocycles. The van der Waals surface area contributed by atoms with E-state index in [0.29, 0.717) is 37.4 Å². The topological polar surface area (TPSA) is 76.2 Å². The van der Waals surface area contributed by atoms with Gasteiger partial charge in [-0.05, 0) is 25.5 Å². The predicted octanol–water partition coefficient (Wildman–Crippen LogP) is 1.28. The first-order chi connectivity index (χ1) is 11.1. The van der Waals surface area contributed by atoms with Gasteiger partial charge in [-0.25, -0.2) is 9.69 Å². The predicted molar refractivity (Wildman–Crippen MR) is 80.1 cm³/mol. The van der Waals surface area contributed by atoms with Crippen molar-refractivity contribution < 1.29 is 23.9 Å². The highest BCUT2D eigenvalue weighted by Crippen LogP contribution is 2.25. The SMILES string of the molecule is CCOc1ccccc1C(=O)N1CCC(N2C(=O)COC2=O)C1. The lowest BCUT2D eigenvalue weighted by atomic mass is 10.1. The maximum Gasteiger partial charge on any atom is 0.417 e. The van der Waals surface area contributed by atoms with E-state index in [-0.39, 0.29) is 24.5 Å². The Balaban J connectivity index is 1.73. The number of imide groups is 1. The number of carbonyl (C=O) groups is 3. The number of benzene rings is 1. The molecule has 1 atom stereocenters. The van der Waals surface area contributed by atoms with Crippen molar-refractivity contribution in [2.45, 2.75) is 19.4 Å². The lowest BCUT2D eigenvalue weighted by Gasteiger charge is -2.21. The summed E-state index contributed by atoms with van der Waals surface area (Å²) < 4.78 is 10.2. The molecular formula is C16H18N2O5. The van der Waals surface area contributed by atoms with Gasteiger partial charge in [-0.2, -0.15) is 0 Å². The number of ether oxygens (including phenoxy) is 2. The summed E-state index contributed by atoms with van der Waals surface area (Å²) in [6, 6.07) is 6.75. The lowest BCUT2D eigenvalue weighted by Crippen LogP contribution is -2.42. The van der Waals surface area contributed by atoms with E-state index < -0.39 is 6.09 Å². The molecule has 1 aromatic carbocycles. The highest BCUT2D eigenvalue weighted by Gasteiger charge is 2.41. The second kappa shape index (κ2) is 6.28. The van der Waals surface area contributed by atoms with Gasteiger partial charge in [0.15, 0.2) is 6.61 Å². The Morgan fingerprint density at radius 1 is 1.35 bits per heavy atom. The van der Waals surface area contributed by atoms with E-state index in [1.807, 2.05) is 13.0 Å². The quantitative estimate of drug-likeness (QED) is 0.836. The van der Waals surface area contributed by atoms with Crippen LogP contribution in [0.25, 0.3) is 0 Å². The van der Waals surface area contributed by atoms with E-state index in [9.17, 15) is 14.4 Å². The fourth-order valence-corrected chi connectivity index (χ4v) is 2.95. The molecule has 1 aromatic rings. The molecule has 0 bridgehead atoms. The van der Waals surface area contributed by atoms with Crippen LogP contribution < -0.4 is 4.74 Å². The summed E-state index contributed by atoms with van der Waals surface area (Å²) in [4.78, 5) is 38.8. The summed E-state index contributed by atoms with van der Waals surface area (Å²) in [6.45, 7) is 2.93. The zero-order chi connectivity index (χ0) is 16.4. The maximum absolute atomic E-state index is 12.7. The van der Waals surface area contributed by atoms with Crippen LogP contribution in [0.15, 0.2) is 24.3 Å². The van der Waals surface area contributed by atoms with Gasteiger partial charge in [-0.15, -0.1) is 0 Å². The van der Waals surface area contributed by atoms with Gasteiger partial charge in [0.25, 0.3) is 11.8 Å². The molecule has 2 aliphatic rings. The minimum atomic E-state index is -0.621. The lowest BCUT2D eigenvalue weighted by molar-refractivity contribution is -0.127. The molecule has 1 unspecified atom stereocenters.